The summed E-state index contributed by atoms with van der Waals surface area (Å²) >= 11 is 0. The summed E-state index contributed by atoms with van der Waals surface area (Å²) in [5.41, 5.74) is -3.32. The van der Waals surface area contributed by atoms with Crippen LogP contribution in [0, 0.1) is 0 Å². The van der Waals surface area contributed by atoms with E-state index in [0.29, 0.717) is 10.8 Å². The van der Waals surface area contributed by atoms with Crippen LogP contribution in [0.4, 0.5) is 13.2 Å². The molecule has 90 valence electrons. The summed E-state index contributed by atoms with van der Waals surface area (Å²) in [5, 5.41) is 0. The molecule has 0 aliphatic carbocycles. The second-order valence-electron chi connectivity index (χ2n) is 3.16. The second kappa shape index (κ2) is 4.15. The van der Waals surface area contributed by atoms with Crippen LogP contribution in [0.3, 0.4) is 0 Å². The lowest BCUT2D eigenvalue weighted by atomic mass is 10.3. The third kappa shape index (κ3) is 2.02. The van der Waals surface area contributed by atoms with Crippen LogP contribution in [0.25, 0.3) is 0 Å². The smallest absolute Gasteiger partial charge is 0.300 e. The van der Waals surface area contributed by atoms with Crippen LogP contribution >= 0.6 is 0 Å². The van der Waals surface area contributed by atoms with Gasteiger partial charge in [0.15, 0.2) is 0 Å². The first-order valence-electron chi connectivity index (χ1n) is 4.74. The summed E-state index contributed by atoms with van der Waals surface area (Å²) in [7, 11) is 0. The van der Waals surface area contributed by atoms with Crippen LogP contribution in [-0.2, 0) is 19.3 Å². The van der Waals surface area contributed by atoms with Crippen molar-refractivity contribution in [2.24, 2.45) is 0 Å². The topological polar surface area (TPSA) is 44.0 Å². The number of aryl methyl sites for hydroxylation is 1. The largest absolute Gasteiger partial charge is 0.423 e. The van der Waals surface area contributed by atoms with Crippen LogP contribution in [0.15, 0.2) is 15.8 Å². The fourth-order valence-electron chi connectivity index (χ4n) is 1.35. The van der Waals surface area contributed by atoms with Gasteiger partial charge >= 0.3 is 11.9 Å². The third-order valence-electron chi connectivity index (χ3n) is 2.20. The van der Waals surface area contributed by atoms with Crippen molar-refractivity contribution >= 4 is 0 Å². The highest BCUT2D eigenvalue weighted by molar-refractivity contribution is 5.10. The third-order valence-corrected chi connectivity index (χ3v) is 2.20. The number of alkyl halides is 3. The maximum absolute atomic E-state index is 12.5. The molecule has 1 aromatic rings. The fraction of sp³-hybridized carbons (Fsp3) is 0.556. The molecule has 0 fully saturated rings. The Hall–Kier alpha value is -1.53. The average molecular weight is 236 g/mol. The van der Waals surface area contributed by atoms with Crippen molar-refractivity contribution in [2.45, 2.75) is 33.1 Å². The van der Waals surface area contributed by atoms with Crippen LogP contribution in [0.5, 0.6) is 0 Å². The molecule has 0 N–H and O–H groups in total. The van der Waals surface area contributed by atoms with Gasteiger partial charge in [0.25, 0.3) is 5.56 Å². The molecule has 0 spiro atoms. The Bertz CT molecular complexity index is 499. The first-order chi connectivity index (χ1) is 7.32. The summed E-state index contributed by atoms with van der Waals surface area (Å²) in [4.78, 5) is 22.9. The zero-order chi connectivity index (χ0) is 12.5. The van der Waals surface area contributed by atoms with E-state index in [-0.39, 0.29) is 13.1 Å². The Labute approximate surface area is 88.9 Å². The van der Waals surface area contributed by atoms with E-state index in [1.54, 1.807) is 0 Å². The average Bonchev–Trinajstić information content (AvgIpc) is 2.17. The van der Waals surface area contributed by atoms with Gasteiger partial charge in [0.05, 0.1) is 0 Å². The van der Waals surface area contributed by atoms with Crippen LogP contribution < -0.4 is 11.2 Å². The zero-order valence-corrected chi connectivity index (χ0v) is 8.84. The predicted molar refractivity (Wildman–Crippen MR) is 51.3 cm³/mol. The van der Waals surface area contributed by atoms with E-state index in [1.165, 1.54) is 13.8 Å². The molecule has 0 aliphatic heterocycles. The Morgan fingerprint density at radius 2 is 1.75 bits per heavy atom. The molecule has 0 saturated heterocycles. The van der Waals surface area contributed by atoms with Gasteiger partial charge in [0, 0.05) is 19.3 Å². The molecule has 16 heavy (non-hydrogen) atoms. The minimum atomic E-state index is -4.74. The summed E-state index contributed by atoms with van der Waals surface area (Å²) in [5.74, 6) is 0. The fourth-order valence-corrected chi connectivity index (χ4v) is 1.35. The molecule has 0 amide bonds. The molecule has 0 saturated carbocycles. The van der Waals surface area contributed by atoms with Crippen molar-refractivity contribution in [1.29, 1.82) is 0 Å². The Morgan fingerprint density at radius 3 is 2.12 bits per heavy atom. The van der Waals surface area contributed by atoms with E-state index in [2.05, 4.69) is 0 Å². The lowest BCUT2D eigenvalue weighted by molar-refractivity contribution is -0.139. The van der Waals surface area contributed by atoms with Crippen molar-refractivity contribution in [3.05, 3.63) is 32.6 Å². The molecule has 0 unspecified atom stereocenters. The van der Waals surface area contributed by atoms with Crippen LogP contribution in [0.2, 0.25) is 0 Å². The van der Waals surface area contributed by atoms with E-state index in [4.69, 9.17) is 0 Å². The van der Waals surface area contributed by atoms with Gasteiger partial charge in [0.1, 0.15) is 5.56 Å². The Kier molecular flexibility index (Phi) is 3.25. The molecule has 7 heteroatoms. The highest BCUT2D eigenvalue weighted by Crippen LogP contribution is 2.25. The van der Waals surface area contributed by atoms with E-state index in [9.17, 15) is 22.8 Å². The summed E-state index contributed by atoms with van der Waals surface area (Å²) in [6.07, 6.45) is -4.17. The van der Waals surface area contributed by atoms with Gasteiger partial charge in [0.2, 0.25) is 0 Å². The maximum atomic E-state index is 12.5. The molecule has 1 heterocycles. The van der Waals surface area contributed by atoms with Gasteiger partial charge < -0.3 is 4.57 Å². The first-order valence-corrected chi connectivity index (χ1v) is 4.74. The molecular weight excluding hydrogens is 225 g/mol. The number of hydrogen-bond donors (Lipinski definition) is 0. The van der Waals surface area contributed by atoms with Crippen molar-refractivity contribution in [3.8, 4) is 0 Å². The van der Waals surface area contributed by atoms with E-state index < -0.39 is 23.0 Å². The first kappa shape index (κ1) is 12.5. The number of rotatable bonds is 2. The quantitative estimate of drug-likeness (QED) is 0.770. The lowest BCUT2D eigenvalue weighted by Gasteiger charge is -2.12. The number of halogens is 3. The lowest BCUT2D eigenvalue weighted by Crippen LogP contribution is -2.42. The van der Waals surface area contributed by atoms with Crippen molar-refractivity contribution in [1.82, 2.24) is 9.13 Å². The number of aromatic nitrogens is 2. The molecule has 0 aromatic carbocycles. The van der Waals surface area contributed by atoms with Gasteiger partial charge in [-0.05, 0) is 13.8 Å². The summed E-state index contributed by atoms with van der Waals surface area (Å²) in [6.45, 7) is 2.98. The molecule has 4 nitrogen and oxygen atoms in total. The van der Waals surface area contributed by atoms with E-state index in [1.807, 2.05) is 0 Å². The van der Waals surface area contributed by atoms with Crippen LogP contribution in [0.1, 0.15) is 19.4 Å². The van der Waals surface area contributed by atoms with Crippen molar-refractivity contribution in [2.75, 3.05) is 0 Å². The Morgan fingerprint density at radius 1 is 1.19 bits per heavy atom. The van der Waals surface area contributed by atoms with Crippen LogP contribution in [-0.4, -0.2) is 9.13 Å². The SMILES string of the molecule is CCn1cc(C(F)(F)F)c(=O)n(CC)c1=O. The standard InChI is InChI=1S/C9H11F3N2O2/c1-3-13-5-6(9(10,11)12)7(15)14(4-2)8(13)16/h5H,3-4H2,1-2H3. The van der Waals surface area contributed by atoms with Gasteiger partial charge in [-0.3, -0.25) is 9.36 Å². The predicted octanol–water partition coefficient (Wildman–Crippen LogP) is 1.07. The number of hydrogen-bond acceptors (Lipinski definition) is 2. The summed E-state index contributed by atoms with van der Waals surface area (Å²) < 4.78 is 38.9. The zero-order valence-electron chi connectivity index (χ0n) is 8.84. The normalized spacial score (nSPS) is 11.8. The maximum Gasteiger partial charge on any atom is 0.423 e. The molecular formula is C9H11F3N2O2. The van der Waals surface area contributed by atoms with Gasteiger partial charge in [-0.25, -0.2) is 4.79 Å². The molecule has 0 aliphatic rings. The van der Waals surface area contributed by atoms with E-state index >= 15 is 0 Å². The minimum absolute atomic E-state index is 0.0818. The Balaban J connectivity index is 3.67. The highest BCUT2D eigenvalue weighted by atomic mass is 19.4. The second-order valence-corrected chi connectivity index (χ2v) is 3.16. The monoisotopic (exact) mass is 236 g/mol. The van der Waals surface area contributed by atoms with Gasteiger partial charge in [-0.2, -0.15) is 13.2 Å². The molecule has 1 rings (SSSR count). The minimum Gasteiger partial charge on any atom is -0.300 e. The molecule has 0 radical (unpaired) electrons. The van der Waals surface area contributed by atoms with Crippen molar-refractivity contribution in [3.63, 3.8) is 0 Å². The summed E-state index contributed by atoms with van der Waals surface area (Å²) in [6, 6.07) is 0. The molecule has 1 aromatic heterocycles. The van der Waals surface area contributed by atoms with Gasteiger partial charge in [-0.15, -0.1) is 0 Å². The highest BCUT2D eigenvalue weighted by Gasteiger charge is 2.35. The molecule has 0 bridgehead atoms. The van der Waals surface area contributed by atoms with E-state index in [0.717, 1.165) is 4.57 Å². The molecule has 0 atom stereocenters. The van der Waals surface area contributed by atoms with Gasteiger partial charge in [-0.1, -0.05) is 0 Å². The van der Waals surface area contributed by atoms with Crippen molar-refractivity contribution < 1.29 is 13.2 Å². The number of nitrogens with zero attached hydrogens (tertiary/aromatic N) is 2.